The number of fused-ring (bicyclic) bond motifs is 2. The number of rotatable bonds is 1. The molecule has 2 aliphatic heterocycles. The van der Waals surface area contributed by atoms with Crippen LogP contribution < -0.4 is 4.74 Å². The molecular formula is C27H30N2O4. The van der Waals surface area contributed by atoms with Crippen molar-refractivity contribution in [3.63, 3.8) is 0 Å². The van der Waals surface area contributed by atoms with Crippen LogP contribution in [0.15, 0.2) is 54.6 Å². The van der Waals surface area contributed by atoms with Gasteiger partial charge < -0.3 is 19.4 Å². The topological polar surface area (TPSA) is 71.6 Å². The number of likely N-dealkylation sites (tertiary alicyclic amines) is 1. The molecule has 2 aliphatic rings. The van der Waals surface area contributed by atoms with Crippen molar-refractivity contribution in [2.24, 2.45) is 5.41 Å². The highest BCUT2D eigenvalue weighted by Gasteiger charge is 2.43. The number of piperidine rings is 1. The average Bonchev–Trinajstić information content (AvgIpc) is 3.29. The Bertz CT molecular complexity index is 1110. The molecule has 0 bridgehead atoms. The molecule has 1 fully saturated rings. The van der Waals surface area contributed by atoms with Crippen LogP contribution in [0.4, 0.5) is 0 Å². The molecule has 0 radical (unpaired) electrons. The predicted octanol–water partition coefficient (Wildman–Crippen LogP) is 4.74. The summed E-state index contributed by atoms with van der Waals surface area (Å²) in [6, 6.07) is 17.9. The monoisotopic (exact) mass is 446 g/mol. The van der Waals surface area contributed by atoms with E-state index in [1.54, 1.807) is 0 Å². The summed E-state index contributed by atoms with van der Waals surface area (Å²) in [7, 11) is 0. The van der Waals surface area contributed by atoms with Crippen molar-refractivity contribution >= 4 is 22.8 Å². The fraction of sp³-hybridized carbons (Fsp3) is 0.407. The van der Waals surface area contributed by atoms with Gasteiger partial charge in [0.15, 0.2) is 0 Å². The van der Waals surface area contributed by atoms with Crippen LogP contribution in [0.3, 0.4) is 0 Å². The van der Waals surface area contributed by atoms with Crippen LogP contribution in [0.25, 0.3) is 10.9 Å². The summed E-state index contributed by atoms with van der Waals surface area (Å²) < 4.78 is 11.5. The standard InChI is InChI=1S/C27H30N2O4/c30-25(23-19-21-9-1-3-10-22(21)28-23)29-15-13-27(14-16-29)12-6-5-8-20-7-2-4-11-24(20)32-17-18-33-26(27)31/h1-4,7,9-11,19,28H,5-6,8,12-18H2. The largest absolute Gasteiger partial charge is 0.490 e. The molecular weight excluding hydrogens is 416 g/mol. The maximum atomic E-state index is 13.1. The quantitative estimate of drug-likeness (QED) is 0.548. The second-order valence-electron chi connectivity index (χ2n) is 9.14. The molecule has 1 saturated heterocycles. The number of ether oxygens (including phenoxy) is 2. The van der Waals surface area contributed by atoms with Gasteiger partial charge in [0.25, 0.3) is 5.91 Å². The highest BCUT2D eigenvalue weighted by molar-refractivity contribution is 5.98. The number of nitrogens with one attached hydrogen (secondary N) is 1. The van der Waals surface area contributed by atoms with Gasteiger partial charge in [0.1, 0.15) is 24.7 Å². The van der Waals surface area contributed by atoms with Crippen LogP contribution in [0.2, 0.25) is 0 Å². The third kappa shape index (κ3) is 4.47. The van der Waals surface area contributed by atoms with E-state index in [2.05, 4.69) is 11.1 Å². The maximum Gasteiger partial charge on any atom is 0.312 e. The number of amides is 1. The van der Waals surface area contributed by atoms with E-state index in [0.717, 1.165) is 42.3 Å². The first-order valence-corrected chi connectivity index (χ1v) is 11.9. The highest BCUT2D eigenvalue weighted by Crippen LogP contribution is 2.39. The first kappa shape index (κ1) is 21.6. The van der Waals surface area contributed by atoms with Gasteiger partial charge in [-0.05, 0) is 55.9 Å². The van der Waals surface area contributed by atoms with E-state index in [1.807, 2.05) is 53.4 Å². The Morgan fingerprint density at radius 3 is 2.52 bits per heavy atom. The van der Waals surface area contributed by atoms with Crippen molar-refractivity contribution in [3.05, 3.63) is 65.9 Å². The molecule has 5 rings (SSSR count). The lowest BCUT2D eigenvalue weighted by Crippen LogP contribution is -2.47. The number of carbonyl (C=O) groups is 2. The number of cyclic esters (lactones) is 1. The van der Waals surface area contributed by atoms with E-state index in [4.69, 9.17) is 9.47 Å². The van der Waals surface area contributed by atoms with Gasteiger partial charge in [0.05, 0.1) is 5.41 Å². The van der Waals surface area contributed by atoms with Crippen molar-refractivity contribution in [2.45, 2.75) is 38.5 Å². The van der Waals surface area contributed by atoms with E-state index in [-0.39, 0.29) is 18.5 Å². The third-order valence-electron chi connectivity index (χ3n) is 7.10. The number of benzene rings is 2. The normalized spacial score (nSPS) is 19.2. The van der Waals surface area contributed by atoms with Crippen LogP contribution >= 0.6 is 0 Å². The molecule has 0 unspecified atom stereocenters. The Morgan fingerprint density at radius 2 is 1.67 bits per heavy atom. The Kier molecular flexibility index (Phi) is 6.07. The summed E-state index contributed by atoms with van der Waals surface area (Å²) in [5, 5.41) is 1.03. The molecule has 6 heteroatoms. The molecule has 33 heavy (non-hydrogen) atoms. The molecule has 6 nitrogen and oxygen atoms in total. The van der Waals surface area contributed by atoms with Crippen LogP contribution in [-0.4, -0.2) is 48.1 Å². The minimum absolute atomic E-state index is 0.00687. The number of hydrogen-bond acceptors (Lipinski definition) is 4. The Hall–Kier alpha value is -3.28. The molecule has 0 aliphatic carbocycles. The molecule has 3 heterocycles. The lowest BCUT2D eigenvalue weighted by atomic mass is 9.74. The van der Waals surface area contributed by atoms with Crippen LogP contribution in [0.5, 0.6) is 5.75 Å². The maximum absolute atomic E-state index is 13.1. The van der Waals surface area contributed by atoms with Gasteiger partial charge in [-0.3, -0.25) is 9.59 Å². The summed E-state index contributed by atoms with van der Waals surface area (Å²) in [6.45, 7) is 1.71. The zero-order valence-electron chi connectivity index (χ0n) is 18.8. The number of hydrogen-bond donors (Lipinski definition) is 1. The SMILES string of the molecule is O=C(c1cc2ccccc2[nH]1)N1CCC2(CCCCc3ccccc3OCCOC2=O)CC1. The van der Waals surface area contributed by atoms with E-state index in [0.29, 0.717) is 38.2 Å². The van der Waals surface area contributed by atoms with Crippen LogP contribution in [0, 0.1) is 5.41 Å². The van der Waals surface area contributed by atoms with Crippen LogP contribution in [0.1, 0.15) is 48.2 Å². The molecule has 1 aromatic heterocycles. The number of carbonyl (C=O) groups excluding carboxylic acids is 2. The summed E-state index contributed by atoms with van der Waals surface area (Å²) in [6.07, 6.45) is 4.94. The zero-order valence-corrected chi connectivity index (χ0v) is 18.8. The van der Waals surface area contributed by atoms with Gasteiger partial charge in [0.2, 0.25) is 0 Å². The first-order chi connectivity index (χ1) is 16.1. The average molecular weight is 447 g/mol. The van der Waals surface area contributed by atoms with Gasteiger partial charge >= 0.3 is 5.97 Å². The van der Waals surface area contributed by atoms with Crippen molar-refractivity contribution in [2.75, 3.05) is 26.3 Å². The molecule has 0 atom stereocenters. The van der Waals surface area contributed by atoms with Gasteiger partial charge in [0, 0.05) is 24.0 Å². The Morgan fingerprint density at radius 1 is 0.909 bits per heavy atom. The lowest BCUT2D eigenvalue weighted by Gasteiger charge is -2.40. The van der Waals surface area contributed by atoms with E-state index in [9.17, 15) is 9.59 Å². The minimum Gasteiger partial charge on any atom is -0.490 e. The smallest absolute Gasteiger partial charge is 0.312 e. The summed E-state index contributed by atoms with van der Waals surface area (Å²) in [4.78, 5) is 31.3. The number of aromatic amines is 1. The number of H-pyrrole nitrogens is 1. The molecule has 2 aromatic carbocycles. The lowest BCUT2D eigenvalue weighted by molar-refractivity contribution is -0.160. The highest BCUT2D eigenvalue weighted by atomic mass is 16.6. The fourth-order valence-electron chi connectivity index (χ4n) is 5.12. The van der Waals surface area contributed by atoms with Crippen molar-refractivity contribution in [3.8, 4) is 5.75 Å². The van der Waals surface area contributed by atoms with E-state index < -0.39 is 5.41 Å². The predicted molar refractivity (Wildman–Crippen MR) is 126 cm³/mol. The first-order valence-electron chi connectivity index (χ1n) is 11.9. The molecule has 1 N–H and O–H groups in total. The van der Waals surface area contributed by atoms with Crippen molar-refractivity contribution in [1.29, 1.82) is 0 Å². The fourth-order valence-corrected chi connectivity index (χ4v) is 5.12. The molecule has 1 amide bonds. The molecule has 172 valence electrons. The Labute approximate surface area is 193 Å². The number of esters is 1. The second kappa shape index (κ2) is 9.30. The van der Waals surface area contributed by atoms with Crippen molar-refractivity contribution in [1.82, 2.24) is 9.88 Å². The van der Waals surface area contributed by atoms with Crippen molar-refractivity contribution < 1.29 is 19.1 Å². The van der Waals surface area contributed by atoms with Gasteiger partial charge in [-0.2, -0.15) is 0 Å². The second-order valence-corrected chi connectivity index (χ2v) is 9.14. The number of aromatic nitrogens is 1. The van der Waals surface area contributed by atoms with E-state index in [1.165, 1.54) is 5.56 Å². The number of aryl methyl sites for hydroxylation is 1. The number of para-hydroxylation sites is 2. The minimum atomic E-state index is -0.518. The molecule has 3 aromatic rings. The molecule has 1 spiro atoms. The van der Waals surface area contributed by atoms with Gasteiger partial charge in [-0.25, -0.2) is 0 Å². The third-order valence-corrected chi connectivity index (χ3v) is 7.10. The molecule has 0 saturated carbocycles. The Balaban J connectivity index is 1.26. The van der Waals surface area contributed by atoms with Gasteiger partial charge in [-0.15, -0.1) is 0 Å². The summed E-state index contributed by atoms with van der Waals surface area (Å²) in [5.41, 5.74) is 2.25. The van der Waals surface area contributed by atoms with Gasteiger partial charge in [-0.1, -0.05) is 42.8 Å². The summed E-state index contributed by atoms with van der Waals surface area (Å²) in [5.74, 6) is 0.734. The number of nitrogens with zero attached hydrogens (tertiary/aromatic N) is 1. The van der Waals surface area contributed by atoms with Crippen LogP contribution in [-0.2, 0) is 16.0 Å². The summed E-state index contributed by atoms with van der Waals surface area (Å²) >= 11 is 0. The zero-order chi connectivity index (χ0) is 22.7. The van der Waals surface area contributed by atoms with E-state index >= 15 is 0 Å².